The second kappa shape index (κ2) is 6.69. The lowest BCUT2D eigenvalue weighted by atomic mass is 10.5. The van der Waals surface area contributed by atoms with Crippen molar-refractivity contribution < 1.29 is 8.42 Å². The lowest BCUT2D eigenvalue weighted by Gasteiger charge is -2.02. The monoisotopic (exact) mass is 213 g/mol. The Balaban J connectivity index is 3.32. The van der Waals surface area contributed by atoms with E-state index < -0.39 is 9.84 Å². The molecule has 0 radical (unpaired) electrons. The molecule has 0 aliphatic carbocycles. The van der Waals surface area contributed by atoms with E-state index >= 15 is 0 Å². The Bertz CT molecular complexity index is 192. The molecule has 0 bridgehead atoms. The van der Waals surface area contributed by atoms with Gasteiger partial charge >= 0.3 is 0 Å². The number of hydrogen-bond acceptors (Lipinski definition) is 3. The van der Waals surface area contributed by atoms with Crippen LogP contribution < -0.4 is 5.32 Å². The minimum Gasteiger partial charge on any atom is -0.316 e. The predicted octanol–water partition coefficient (Wildman–Crippen LogP) is 0.640. The Morgan fingerprint density at radius 3 is 2.50 bits per heavy atom. The van der Waals surface area contributed by atoms with Gasteiger partial charge in [-0.1, -0.05) is 6.92 Å². The molecule has 0 rings (SSSR count). The summed E-state index contributed by atoms with van der Waals surface area (Å²) in [5.74, 6) is 1.09. The zero-order chi connectivity index (χ0) is 9.45. The Hall–Kier alpha value is 0.200. The topological polar surface area (TPSA) is 46.2 Å². The maximum absolute atomic E-state index is 11.0. The standard InChI is InChI=1S/C7H16ClNO2S/c1-2-12(10,11)7-3-5-9-6-4-8/h9H,2-7H2,1H3. The summed E-state index contributed by atoms with van der Waals surface area (Å²) in [4.78, 5) is 0. The van der Waals surface area contributed by atoms with Crippen LogP contribution in [0, 0.1) is 0 Å². The third-order valence-corrected chi connectivity index (χ3v) is 3.50. The molecule has 0 aromatic heterocycles. The highest BCUT2D eigenvalue weighted by atomic mass is 35.5. The summed E-state index contributed by atoms with van der Waals surface area (Å²) in [5, 5.41) is 3.04. The van der Waals surface area contributed by atoms with Gasteiger partial charge in [0.1, 0.15) is 9.84 Å². The van der Waals surface area contributed by atoms with E-state index in [1.807, 2.05) is 0 Å². The molecule has 3 nitrogen and oxygen atoms in total. The maximum atomic E-state index is 11.0. The molecule has 0 aromatic carbocycles. The van der Waals surface area contributed by atoms with Gasteiger partial charge in [0.15, 0.2) is 0 Å². The third-order valence-electron chi connectivity index (χ3n) is 1.52. The molecule has 0 aliphatic rings. The highest BCUT2D eigenvalue weighted by Crippen LogP contribution is 1.91. The number of alkyl halides is 1. The van der Waals surface area contributed by atoms with Crippen LogP contribution in [-0.4, -0.2) is 38.9 Å². The summed E-state index contributed by atoms with van der Waals surface area (Å²) in [6.07, 6.45) is 0.674. The van der Waals surface area contributed by atoms with E-state index in [4.69, 9.17) is 11.6 Å². The van der Waals surface area contributed by atoms with Gasteiger partial charge in [0.2, 0.25) is 0 Å². The summed E-state index contributed by atoms with van der Waals surface area (Å²) < 4.78 is 22.0. The first kappa shape index (κ1) is 12.2. The second-order valence-corrected chi connectivity index (χ2v) is 5.38. The molecule has 0 saturated carbocycles. The first-order valence-corrected chi connectivity index (χ1v) is 6.45. The fourth-order valence-corrected chi connectivity index (χ4v) is 1.76. The van der Waals surface area contributed by atoms with Crippen molar-refractivity contribution in [1.29, 1.82) is 0 Å². The van der Waals surface area contributed by atoms with E-state index in [1.165, 1.54) is 0 Å². The van der Waals surface area contributed by atoms with Crippen LogP contribution in [0.1, 0.15) is 13.3 Å². The van der Waals surface area contributed by atoms with Gasteiger partial charge in [0.05, 0.1) is 5.75 Å². The van der Waals surface area contributed by atoms with Crippen molar-refractivity contribution in [2.75, 3.05) is 30.5 Å². The van der Waals surface area contributed by atoms with E-state index in [9.17, 15) is 8.42 Å². The Morgan fingerprint density at radius 2 is 2.00 bits per heavy atom. The first-order valence-electron chi connectivity index (χ1n) is 4.09. The second-order valence-electron chi connectivity index (χ2n) is 2.53. The van der Waals surface area contributed by atoms with E-state index in [0.717, 1.165) is 13.1 Å². The minimum atomic E-state index is -2.78. The molecule has 0 fully saturated rings. The van der Waals surface area contributed by atoms with Crippen molar-refractivity contribution in [2.45, 2.75) is 13.3 Å². The fraction of sp³-hybridized carbons (Fsp3) is 1.00. The molecule has 12 heavy (non-hydrogen) atoms. The normalized spacial score (nSPS) is 11.8. The highest BCUT2D eigenvalue weighted by molar-refractivity contribution is 7.91. The minimum absolute atomic E-state index is 0.239. The van der Waals surface area contributed by atoms with Gasteiger partial charge in [-0.3, -0.25) is 0 Å². The molecule has 0 amide bonds. The van der Waals surface area contributed by atoms with Gasteiger partial charge in [0, 0.05) is 18.2 Å². The van der Waals surface area contributed by atoms with E-state index in [0.29, 0.717) is 12.3 Å². The van der Waals surface area contributed by atoms with Gasteiger partial charge in [-0.2, -0.15) is 0 Å². The van der Waals surface area contributed by atoms with Gasteiger partial charge < -0.3 is 5.32 Å². The molecule has 0 atom stereocenters. The molecular weight excluding hydrogens is 198 g/mol. The van der Waals surface area contributed by atoms with Crippen molar-refractivity contribution in [3.05, 3.63) is 0 Å². The first-order chi connectivity index (χ1) is 5.62. The maximum Gasteiger partial charge on any atom is 0.150 e. The van der Waals surface area contributed by atoms with Crippen LogP contribution in [0.25, 0.3) is 0 Å². The number of hydrogen-bond donors (Lipinski definition) is 1. The average molecular weight is 214 g/mol. The highest BCUT2D eigenvalue weighted by Gasteiger charge is 2.05. The van der Waals surface area contributed by atoms with Crippen LogP contribution in [0.2, 0.25) is 0 Å². The van der Waals surface area contributed by atoms with Crippen LogP contribution in [-0.2, 0) is 9.84 Å². The van der Waals surface area contributed by atoms with Gasteiger partial charge in [0.25, 0.3) is 0 Å². The zero-order valence-corrected chi connectivity index (χ0v) is 8.92. The third kappa shape index (κ3) is 6.88. The van der Waals surface area contributed by atoms with Gasteiger partial charge in [-0.05, 0) is 13.0 Å². The quantitative estimate of drug-likeness (QED) is 0.499. The van der Waals surface area contributed by atoms with Crippen molar-refractivity contribution in [2.24, 2.45) is 0 Å². The van der Waals surface area contributed by atoms with Crippen LogP contribution in [0.5, 0.6) is 0 Å². The zero-order valence-electron chi connectivity index (χ0n) is 7.35. The smallest absolute Gasteiger partial charge is 0.150 e. The van der Waals surface area contributed by atoms with E-state index in [-0.39, 0.29) is 11.5 Å². The van der Waals surface area contributed by atoms with Crippen LogP contribution >= 0.6 is 11.6 Å². The predicted molar refractivity (Wildman–Crippen MR) is 52.5 cm³/mol. The largest absolute Gasteiger partial charge is 0.316 e. The average Bonchev–Trinajstić information content (AvgIpc) is 2.04. The molecule has 0 unspecified atom stereocenters. The molecule has 5 heteroatoms. The number of nitrogens with one attached hydrogen (secondary N) is 1. The van der Waals surface area contributed by atoms with Crippen LogP contribution in [0.4, 0.5) is 0 Å². The molecular formula is C7H16ClNO2S. The van der Waals surface area contributed by atoms with Crippen molar-refractivity contribution >= 4 is 21.4 Å². The van der Waals surface area contributed by atoms with E-state index in [2.05, 4.69) is 5.32 Å². The summed E-state index contributed by atoms with van der Waals surface area (Å²) in [6.45, 7) is 3.14. The lowest BCUT2D eigenvalue weighted by Crippen LogP contribution is -2.20. The number of rotatable bonds is 7. The van der Waals surface area contributed by atoms with Crippen molar-refractivity contribution in [3.63, 3.8) is 0 Å². The van der Waals surface area contributed by atoms with Crippen molar-refractivity contribution in [3.8, 4) is 0 Å². The Labute approximate surface area is 79.4 Å². The van der Waals surface area contributed by atoms with Gasteiger partial charge in [-0.15, -0.1) is 11.6 Å². The Kier molecular flexibility index (Phi) is 6.80. The van der Waals surface area contributed by atoms with Crippen molar-refractivity contribution in [1.82, 2.24) is 5.32 Å². The lowest BCUT2D eigenvalue weighted by molar-refractivity contribution is 0.591. The van der Waals surface area contributed by atoms with E-state index in [1.54, 1.807) is 6.92 Å². The van der Waals surface area contributed by atoms with Crippen LogP contribution in [0.15, 0.2) is 0 Å². The SMILES string of the molecule is CCS(=O)(=O)CCCNCCCl. The molecule has 0 aliphatic heterocycles. The summed E-state index contributed by atoms with van der Waals surface area (Å²) in [6, 6.07) is 0. The molecule has 0 heterocycles. The molecule has 0 spiro atoms. The molecule has 74 valence electrons. The molecule has 1 N–H and O–H groups in total. The summed E-state index contributed by atoms with van der Waals surface area (Å²) >= 11 is 5.42. The Morgan fingerprint density at radius 1 is 1.33 bits per heavy atom. The summed E-state index contributed by atoms with van der Waals surface area (Å²) in [7, 11) is -2.78. The summed E-state index contributed by atoms with van der Waals surface area (Å²) in [5.41, 5.74) is 0. The number of halogens is 1. The molecule has 0 saturated heterocycles. The fourth-order valence-electron chi connectivity index (χ4n) is 0.753. The molecule has 0 aromatic rings. The van der Waals surface area contributed by atoms with Crippen LogP contribution in [0.3, 0.4) is 0 Å². The van der Waals surface area contributed by atoms with Gasteiger partial charge in [-0.25, -0.2) is 8.42 Å². The number of sulfone groups is 1.